The number of hydrogen-bond acceptors (Lipinski definition) is 1. The van der Waals surface area contributed by atoms with E-state index < -0.39 is 5.97 Å². The van der Waals surface area contributed by atoms with Crippen molar-refractivity contribution in [3.63, 3.8) is 0 Å². The van der Waals surface area contributed by atoms with Gasteiger partial charge >= 0.3 is 5.97 Å². The number of aliphatic carboxylic acids is 1. The van der Waals surface area contributed by atoms with E-state index in [1.54, 1.807) is 12.1 Å². The maximum Gasteiger partial charge on any atom is 0.303 e. The number of rotatable bonds is 5. The molecule has 0 unspecified atom stereocenters. The Morgan fingerprint density at radius 2 is 1.95 bits per heavy atom. The molecule has 19 heavy (non-hydrogen) atoms. The van der Waals surface area contributed by atoms with Gasteiger partial charge in [0.2, 0.25) is 0 Å². The SMILES string of the molecule is O=C(O)CC1(CCc2cc(Cl)ccc2Cl)CCCC1. The predicted molar refractivity (Wildman–Crippen MR) is 77.9 cm³/mol. The molecule has 0 aliphatic heterocycles. The van der Waals surface area contributed by atoms with Crippen LogP contribution >= 0.6 is 23.2 Å². The average molecular weight is 301 g/mol. The van der Waals surface area contributed by atoms with Crippen molar-refractivity contribution in [2.45, 2.75) is 44.9 Å². The fourth-order valence-corrected chi connectivity index (χ4v) is 3.50. The summed E-state index contributed by atoms with van der Waals surface area (Å²) in [7, 11) is 0. The maximum absolute atomic E-state index is 11.0. The fraction of sp³-hybridized carbons (Fsp3) is 0.533. The number of halogens is 2. The van der Waals surface area contributed by atoms with Crippen molar-refractivity contribution in [1.29, 1.82) is 0 Å². The van der Waals surface area contributed by atoms with Crippen LogP contribution in [0.4, 0.5) is 0 Å². The molecule has 104 valence electrons. The van der Waals surface area contributed by atoms with Gasteiger partial charge in [-0.1, -0.05) is 36.0 Å². The van der Waals surface area contributed by atoms with Crippen LogP contribution in [-0.4, -0.2) is 11.1 Å². The Bertz CT molecular complexity index is 465. The third-order valence-electron chi connectivity index (χ3n) is 4.12. The van der Waals surface area contributed by atoms with Crippen molar-refractivity contribution in [2.24, 2.45) is 5.41 Å². The normalized spacial score (nSPS) is 17.6. The summed E-state index contributed by atoms with van der Waals surface area (Å²) in [6, 6.07) is 5.46. The molecule has 0 atom stereocenters. The van der Waals surface area contributed by atoms with Gasteiger partial charge in [0.1, 0.15) is 0 Å². The molecule has 2 nitrogen and oxygen atoms in total. The molecule has 2 rings (SSSR count). The van der Waals surface area contributed by atoms with E-state index in [1.807, 2.05) is 6.07 Å². The number of carboxylic acid groups (broad SMARTS) is 1. The number of benzene rings is 1. The van der Waals surface area contributed by atoms with E-state index in [4.69, 9.17) is 28.3 Å². The molecule has 1 aliphatic rings. The van der Waals surface area contributed by atoms with Gasteiger partial charge in [-0.15, -0.1) is 0 Å². The van der Waals surface area contributed by atoms with E-state index in [0.717, 1.165) is 44.1 Å². The molecular formula is C15H18Cl2O2. The smallest absolute Gasteiger partial charge is 0.303 e. The van der Waals surface area contributed by atoms with Gasteiger partial charge in [0.05, 0.1) is 6.42 Å². The molecule has 0 heterocycles. The zero-order chi connectivity index (χ0) is 13.9. The lowest BCUT2D eigenvalue weighted by Crippen LogP contribution is -2.21. The van der Waals surface area contributed by atoms with Crippen LogP contribution in [0, 0.1) is 5.41 Å². The molecule has 0 radical (unpaired) electrons. The van der Waals surface area contributed by atoms with Crippen molar-refractivity contribution >= 4 is 29.2 Å². The van der Waals surface area contributed by atoms with Gasteiger partial charge in [-0.25, -0.2) is 0 Å². The third-order valence-corrected chi connectivity index (χ3v) is 4.73. The second-order valence-corrected chi connectivity index (χ2v) is 6.36. The number of aryl methyl sites for hydroxylation is 1. The van der Waals surface area contributed by atoms with Crippen LogP contribution in [0.2, 0.25) is 10.0 Å². The molecule has 0 spiro atoms. The molecule has 0 aromatic heterocycles. The van der Waals surface area contributed by atoms with Crippen molar-refractivity contribution < 1.29 is 9.90 Å². The number of carboxylic acids is 1. The van der Waals surface area contributed by atoms with E-state index in [-0.39, 0.29) is 11.8 Å². The second-order valence-electron chi connectivity index (χ2n) is 5.51. The van der Waals surface area contributed by atoms with Gasteiger partial charge < -0.3 is 5.11 Å². The van der Waals surface area contributed by atoms with E-state index in [0.29, 0.717) is 10.0 Å². The molecule has 4 heteroatoms. The van der Waals surface area contributed by atoms with Crippen molar-refractivity contribution in [3.05, 3.63) is 33.8 Å². The van der Waals surface area contributed by atoms with Crippen LogP contribution in [0.3, 0.4) is 0 Å². The monoisotopic (exact) mass is 300 g/mol. The van der Waals surface area contributed by atoms with Crippen LogP contribution in [0.1, 0.15) is 44.1 Å². The third kappa shape index (κ3) is 3.87. The summed E-state index contributed by atoms with van der Waals surface area (Å²) >= 11 is 12.1. The van der Waals surface area contributed by atoms with Gasteiger partial charge in [0.25, 0.3) is 0 Å². The highest BCUT2D eigenvalue weighted by molar-refractivity contribution is 6.33. The highest BCUT2D eigenvalue weighted by atomic mass is 35.5. The van der Waals surface area contributed by atoms with Gasteiger partial charge in [-0.3, -0.25) is 4.79 Å². The molecule has 1 saturated carbocycles. The lowest BCUT2D eigenvalue weighted by Gasteiger charge is -2.27. The number of carbonyl (C=O) groups is 1. The topological polar surface area (TPSA) is 37.3 Å². The van der Waals surface area contributed by atoms with Crippen molar-refractivity contribution in [1.82, 2.24) is 0 Å². The lowest BCUT2D eigenvalue weighted by atomic mass is 9.77. The zero-order valence-electron chi connectivity index (χ0n) is 10.8. The average Bonchev–Trinajstić information content (AvgIpc) is 2.78. The van der Waals surface area contributed by atoms with E-state index in [1.165, 1.54) is 0 Å². The molecule has 1 aromatic carbocycles. The highest BCUT2D eigenvalue weighted by Crippen LogP contribution is 2.45. The largest absolute Gasteiger partial charge is 0.481 e. The quantitative estimate of drug-likeness (QED) is 0.834. The molecule has 0 saturated heterocycles. The Hall–Kier alpha value is -0.730. The van der Waals surface area contributed by atoms with E-state index in [9.17, 15) is 4.79 Å². The Morgan fingerprint density at radius 1 is 1.26 bits per heavy atom. The first-order chi connectivity index (χ1) is 9.01. The summed E-state index contributed by atoms with van der Waals surface area (Å²) in [6.45, 7) is 0. The number of hydrogen-bond donors (Lipinski definition) is 1. The Balaban J connectivity index is 2.06. The maximum atomic E-state index is 11.0. The van der Waals surface area contributed by atoms with Crippen LogP contribution in [0.25, 0.3) is 0 Å². The van der Waals surface area contributed by atoms with Gasteiger partial charge in [-0.2, -0.15) is 0 Å². The Morgan fingerprint density at radius 3 is 2.58 bits per heavy atom. The minimum atomic E-state index is -0.695. The van der Waals surface area contributed by atoms with Crippen LogP contribution in [0.5, 0.6) is 0 Å². The standard InChI is InChI=1S/C15H18Cl2O2/c16-12-3-4-13(17)11(9-12)5-8-15(10-14(18)19)6-1-2-7-15/h3-4,9H,1-2,5-8,10H2,(H,18,19). The van der Waals surface area contributed by atoms with Gasteiger partial charge in [0.15, 0.2) is 0 Å². The predicted octanol–water partition coefficient (Wildman–Crippen LogP) is 4.96. The minimum Gasteiger partial charge on any atom is -0.481 e. The summed E-state index contributed by atoms with van der Waals surface area (Å²) in [5.74, 6) is -0.695. The van der Waals surface area contributed by atoms with Gasteiger partial charge in [-0.05, 0) is 54.9 Å². The van der Waals surface area contributed by atoms with Crippen LogP contribution in [0.15, 0.2) is 18.2 Å². The Labute approximate surface area is 123 Å². The molecule has 1 fully saturated rings. The summed E-state index contributed by atoms with van der Waals surface area (Å²) in [6.07, 6.45) is 6.24. The van der Waals surface area contributed by atoms with Crippen molar-refractivity contribution in [3.8, 4) is 0 Å². The summed E-state index contributed by atoms with van der Waals surface area (Å²) in [5, 5.41) is 10.5. The first-order valence-corrected chi connectivity index (χ1v) is 7.42. The van der Waals surface area contributed by atoms with Crippen LogP contribution < -0.4 is 0 Å². The molecular weight excluding hydrogens is 283 g/mol. The fourth-order valence-electron chi connectivity index (χ4n) is 3.10. The van der Waals surface area contributed by atoms with E-state index >= 15 is 0 Å². The minimum absolute atomic E-state index is 0.0442. The molecule has 1 N–H and O–H groups in total. The lowest BCUT2D eigenvalue weighted by molar-refractivity contribution is -0.139. The first kappa shape index (κ1) is 14.7. The second kappa shape index (κ2) is 6.15. The Kier molecular flexibility index (Phi) is 4.75. The molecule has 1 aromatic rings. The van der Waals surface area contributed by atoms with E-state index in [2.05, 4.69) is 0 Å². The van der Waals surface area contributed by atoms with Crippen LogP contribution in [-0.2, 0) is 11.2 Å². The zero-order valence-corrected chi connectivity index (χ0v) is 12.3. The van der Waals surface area contributed by atoms with Gasteiger partial charge in [0, 0.05) is 10.0 Å². The summed E-state index contributed by atoms with van der Waals surface area (Å²) in [4.78, 5) is 11.0. The molecule has 1 aliphatic carbocycles. The molecule has 0 bridgehead atoms. The molecule has 0 amide bonds. The summed E-state index contributed by atoms with van der Waals surface area (Å²) in [5.41, 5.74) is 0.975. The first-order valence-electron chi connectivity index (χ1n) is 6.67. The van der Waals surface area contributed by atoms with Crippen molar-refractivity contribution in [2.75, 3.05) is 0 Å². The highest BCUT2D eigenvalue weighted by Gasteiger charge is 2.35. The summed E-state index contributed by atoms with van der Waals surface area (Å²) < 4.78 is 0.